The van der Waals surface area contributed by atoms with E-state index in [-0.39, 0.29) is 5.91 Å². The molecule has 1 aromatic carbocycles. The molecule has 1 fully saturated rings. The molecule has 1 aliphatic rings. The van der Waals surface area contributed by atoms with Gasteiger partial charge in [-0.3, -0.25) is 9.69 Å². The Labute approximate surface area is 120 Å². The zero-order valence-corrected chi connectivity index (χ0v) is 11.4. The van der Waals surface area contributed by atoms with Crippen LogP contribution in [0.5, 0.6) is 0 Å². The smallest absolute Gasteiger partial charge is 0.241 e. The number of hydrogen-bond acceptors (Lipinski definition) is 5. The Morgan fingerprint density at radius 1 is 1.45 bits per heavy atom. The van der Waals surface area contributed by atoms with Crippen LogP contribution < -0.4 is 5.32 Å². The minimum Gasteiger partial charge on any atom is -0.354 e. The van der Waals surface area contributed by atoms with Crippen molar-refractivity contribution in [2.75, 3.05) is 19.6 Å². The molecule has 6 nitrogen and oxygen atoms in total. The molecule has 7 heteroatoms. The number of carbonyl (C=O) groups excluding carboxylic acids is 1. The minimum atomic E-state index is 0.0193. The van der Waals surface area contributed by atoms with Crippen LogP contribution in [-0.4, -0.2) is 40.6 Å². The Morgan fingerprint density at radius 3 is 3.15 bits per heavy atom. The third kappa shape index (κ3) is 2.97. The van der Waals surface area contributed by atoms with Gasteiger partial charge in [0.25, 0.3) is 0 Å². The molecule has 3 rings (SSSR count). The number of nitrogens with one attached hydrogen (secondary N) is 1. The van der Waals surface area contributed by atoms with E-state index in [1.165, 1.54) is 0 Å². The summed E-state index contributed by atoms with van der Waals surface area (Å²) in [6, 6.07) is 7.28. The van der Waals surface area contributed by atoms with Crippen LogP contribution >= 0.6 is 11.6 Å². The van der Waals surface area contributed by atoms with Crippen molar-refractivity contribution in [2.24, 2.45) is 0 Å². The molecule has 0 saturated carbocycles. The number of benzene rings is 1. The molecular formula is C13H13ClN4O2. The molecule has 2 heterocycles. The lowest BCUT2D eigenvalue weighted by Gasteiger charge is -2.24. The van der Waals surface area contributed by atoms with Crippen LogP contribution in [0, 0.1) is 0 Å². The van der Waals surface area contributed by atoms with Crippen molar-refractivity contribution < 1.29 is 9.32 Å². The van der Waals surface area contributed by atoms with Crippen LogP contribution in [0.1, 0.15) is 5.89 Å². The molecule has 20 heavy (non-hydrogen) atoms. The van der Waals surface area contributed by atoms with E-state index in [2.05, 4.69) is 15.5 Å². The highest BCUT2D eigenvalue weighted by molar-refractivity contribution is 6.30. The quantitative estimate of drug-likeness (QED) is 0.924. The molecule has 0 radical (unpaired) electrons. The molecule has 0 atom stereocenters. The molecule has 1 saturated heterocycles. The summed E-state index contributed by atoms with van der Waals surface area (Å²) < 4.78 is 5.22. The first kappa shape index (κ1) is 13.1. The average Bonchev–Trinajstić information content (AvgIpc) is 2.87. The summed E-state index contributed by atoms with van der Waals surface area (Å²) in [7, 11) is 0. The second-order valence-electron chi connectivity index (χ2n) is 4.58. The Kier molecular flexibility index (Phi) is 3.66. The summed E-state index contributed by atoms with van der Waals surface area (Å²) >= 11 is 5.93. The van der Waals surface area contributed by atoms with Gasteiger partial charge < -0.3 is 9.84 Å². The minimum absolute atomic E-state index is 0.0193. The van der Waals surface area contributed by atoms with E-state index in [4.69, 9.17) is 16.1 Å². The largest absolute Gasteiger partial charge is 0.354 e. The number of aromatic nitrogens is 2. The van der Waals surface area contributed by atoms with E-state index in [0.29, 0.717) is 36.4 Å². The second-order valence-corrected chi connectivity index (χ2v) is 5.02. The predicted molar refractivity (Wildman–Crippen MR) is 73.0 cm³/mol. The van der Waals surface area contributed by atoms with Gasteiger partial charge in [0.15, 0.2) is 0 Å². The second kappa shape index (κ2) is 5.60. The normalized spacial score (nSPS) is 16.1. The topological polar surface area (TPSA) is 71.3 Å². The highest BCUT2D eigenvalue weighted by Gasteiger charge is 2.19. The van der Waals surface area contributed by atoms with Gasteiger partial charge >= 0.3 is 0 Å². The van der Waals surface area contributed by atoms with E-state index in [9.17, 15) is 4.79 Å². The Morgan fingerprint density at radius 2 is 2.35 bits per heavy atom. The van der Waals surface area contributed by atoms with Crippen molar-refractivity contribution in [3.63, 3.8) is 0 Å². The van der Waals surface area contributed by atoms with Crippen molar-refractivity contribution in [2.45, 2.75) is 6.54 Å². The van der Waals surface area contributed by atoms with Crippen molar-refractivity contribution >= 4 is 17.5 Å². The van der Waals surface area contributed by atoms with E-state index in [1.54, 1.807) is 12.1 Å². The third-order valence-corrected chi connectivity index (χ3v) is 3.26. The SMILES string of the molecule is O=C1CN(Cc2nc(-c3cccc(Cl)c3)no2)CCN1. The fourth-order valence-electron chi connectivity index (χ4n) is 2.08. The van der Waals surface area contributed by atoms with Crippen molar-refractivity contribution in [3.05, 3.63) is 35.2 Å². The highest BCUT2D eigenvalue weighted by atomic mass is 35.5. The maximum absolute atomic E-state index is 11.3. The summed E-state index contributed by atoms with van der Waals surface area (Å²) in [6.45, 7) is 2.25. The first-order valence-corrected chi connectivity index (χ1v) is 6.66. The number of halogens is 1. The van der Waals surface area contributed by atoms with Gasteiger partial charge in [-0.15, -0.1) is 0 Å². The fourth-order valence-corrected chi connectivity index (χ4v) is 2.27. The summed E-state index contributed by atoms with van der Waals surface area (Å²) in [5.41, 5.74) is 0.809. The lowest BCUT2D eigenvalue weighted by molar-refractivity contribution is -0.124. The molecule has 0 spiro atoms. The number of nitrogens with zero attached hydrogens (tertiary/aromatic N) is 3. The Hall–Kier alpha value is -1.92. The molecule has 104 valence electrons. The number of piperazine rings is 1. The maximum atomic E-state index is 11.3. The first-order valence-electron chi connectivity index (χ1n) is 6.28. The van der Waals surface area contributed by atoms with Crippen LogP contribution in [0.15, 0.2) is 28.8 Å². The number of carbonyl (C=O) groups is 1. The van der Waals surface area contributed by atoms with E-state index >= 15 is 0 Å². The van der Waals surface area contributed by atoms with E-state index < -0.39 is 0 Å². The number of hydrogen-bond donors (Lipinski definition) is 1. The van der Waals surface area contributed by atoms with Crippen molar-refractivity contribution in [3.8, 4) is 11.4 Å². The van der Waals surface area contributed by atoms with Gasteiger partial charge in [-0.2, -0.15) is 4.98 Å². The van der Waals surface area contributed by atoms with Gasteiger partial charge in [0.1, 0.15) is 0 Å². The summed E-state index contributed by atoms with van der Waals surface area (Å²) in [4.78, 5) is 17.6. The summed E-state index contributed by atoms with van der Waals surface area (Å²) in [5, 5.41) is 7.34. The molecule has 1 aliphatic heterocycles. The zero-order chi connectivity index (χ0) is 13.9. The average molecular weight is 293 g/mol. The monoisotopic (exact) mass is 292 g/mol. The van der Waals surface area contributed by atoms with Gasteiger partial charge in [-0.1, -0.05) is 28.9 Å². The third-order valence-electron chi connectivity index (χ3n) is 3.03. The van der Waals surface area contributed by atoms with E-state index in [0.717, 1.165) is 12.1 Å². The van der Waals surface area contributed by atoms with Crippen LogP contribution in [0.3, 0.4) is 0 Å². The first-order chi connectivity index (χ1) is 9.70. The molecule has 1 amide bonds. The van der Waals surface area contributed by atoms with Gasteiger partial charge in [0.2, 0.25) is 17.6 Å². The fraction of sp³-hybridized carbons (Fsp3) is 0.308. The van der Waals surface area contributed by atoms with Crippen LogP contribution in [0.2, 0.25) is 5.02 Å². The lowest BCUT2D eigenvalue weighted by atomic mass is 10.2. The predicted octanol–water partition coefficient (Wildman–Crippen LogP) is 1.32. The van der Waals surface area contributed by atoms with Crippen molar-refractivity contribution in [1.29, 1.82) is 0 Å². The van der Waals surface area contributed by atoms with Crippen LogP contribution in [0.4, 0.5) is 0 Å². The summed E-state index contributed by atoms with van der Waals surface area (Å²) in [5.74, 6) is 1.02. The molecular weight excluding hydrogens is 280 g/mol. The molecule has 1 aromatic heterocycles. The van der Waals surface area contributed by atoms with Crippen LogP contribution in [0.25, 0.3) is 11.4 Å². The summed E-state index contributed by atoms with van der Waals surface area (Å²) in [6.07, 6.45) is 0. The van der Waals surface area contributed by atoms with E-state index in [1.807, 2.05) is 17.0 Å². The van der Waals surface area contributed by atoms with Gasteiger partial charge in [-0.05, 0) is 12.1 Å². The Bertz CT molecular complexity index is 628. The van der Waals surface area contributed by atoms with Crippen LogP contribution in [-0.2, 0) is 11.3 Å². The standard InChI is InChI=1S/C13H13ClN4O2/c14-10-3-1-2-9(6-10)13-16-12(20-17-13)8-18-5-4-15-11(19)7-18/h1-3,6H,4-5,7-8H2,(H,15,19). The maximum Gasteiger partial charge on any atom is 0.241 e. The Balaban J connectivity index is 1.72. The van der Waals surface area contributed by atoms with Crippen molar-refractivity contribution in [1.82, 2.24) is 20.4 Å². The molecule has 2 aromatic rings. The lowest BCUT2D eigenvalue weighted by Crippen LogP contribution is -2.47. The molecule has 0 bridgehead atoms. The van der Waals surface area contributed by atoms with Gasteiger partial charge in [0, 0.05) is 23.7 Å². The molecule has 0 aliphatic carbocycles. The highest BCUT2D eigenvalue weighted by Crippen LogP contribution is 2.20. The molecule has 0 unspecified atom stereocenters. The van der Waals surface area contributed by atoms with Gasteiger partial charge in [-0.25, -0.2) is 0 Å². The number of amides is 1. The molecule has 1 N–H and O–H groups in total. The zero-order valence-electron chi connectivity index (χ0n) is 10.7. The van der Waals surface area contributed by atoms with Gasteiger partial charge in [0.05, 0.1) is 13.1 Å². The number of rotatable bonds is 3.